The second kappa shape index (κ2) is 7.91. The van der Waals surface area contributed by atoms with Crippen LogP contribution in [0.4, 0.5) is 0 Å². The van der Waals surface area contributed by atoms with Crippen LogP contribution in [0.5, 0.6) is 0 Å². The van der Waals surface area contributed by atoms with Crippen LogP contribution in [0, 0.1) is 5.92 Å². The molecule has 0 aromatic carbocycles. The first-order valence-electron chi connectivity index (χ1n) is 5.09. The molecule has 4 N–H and O–H groups in total. The van der Waals surface area contributed by atoms with Crippen molar-refractivity contribution < 1.29 is 9.90 Å². The van der Waals surface area contributed by atoms with Gasteiger partial charge >= 0.3 is 0 Å². The summed E-state index contributed by atoms with van der Waals surface area (Å²) in [6, 6.07) is 0. The van der Waals surface area contributed by atoms with E-state index in [1.807, 2.05) is 6.92 Å². The number of aliphatic hydroxyl groups excluding tert-OH is 1. The van der Waals surface area contributed by atoms with Crippen LogP contribution in [0.1, 0.15) is 33.6 Å². The molecule has 0 aromatic heterocycles. The molecule has 0 saturated carbocycles. The fourth-order valence-electron chi connectivity index (χ4n) is 1.10. The van der Waals surface area contributed by atoms with Crippen molar-refractivity contribution in [2.24, 2.45) is 11.7 Å². The molecule has 0 spiro atoms. The number of nitrogens with one attached hydrogen (secondary N) is 1. The third-order valence-electron chi connectivity index (χ3n) is 2.25. The van der Waals surface area contributed by atoms with E-state index in [1.165, 1.54) is 0 Å². The number of amides is 1. The summed E-state index contributed by atoms with van der Waals surface area (Å²) in [4.78, 5) is 11.4. The summed E-state index contributed by atoms with van der Waals surface area (Å²) in [5.41, 5.74) is 4.80. The molecule has 0 aliphatic rings. The first-order valence-corrected chi connectivity index (χ1v) is 5.09. The number of halogens is 1. The second-order valence-corrected chi connectivity index (χ2v) is 4.22. The number of carbonyl (C=O) groups excluding carboxylic acids is 1. The summed E-state index contributed by atoms with van der Waals surface area (Å²) in [6.45, 7) is 6.15. The molecule has 15 heavy (non-hydrogen) atoms. The SMILES string of the molecule is CCC(CCO)CNC(=O)C(C)(C)N.Cl. The number of hydrogen-bond donors (Lipinski definition) is 3. The smallest absolute Gasteiger partial charge is 0.239 e. The van der Waals surface area contributed by atoms with Crippen LogP contribution in [0.15, 0.2) is 0 Å². The minimum Gasteiger partial charge on any atom is -0.396 e. The van der Waals surface area contributed by atoms with E-state index in [0.29, 0.717) is 12.5 Å². The Bertz CT molecular complexity index is 181. The monoisotopic (exact) mass is 238 g/mol. The Kier molecular flexibility index (Phi) is 9.01. The van der Waals surface area contributed by atoms with E-state index in [9.17, 15) is 4.79 Å². The molecule has 4 nitrogen and oxygen atoms in total. The van der Waals surface area contributed by atoms with Crippen molar-refractivity contribution in [2.75, 3.05) is 13.2 Å². The van der Waals surface area contributed by atoms with Gasteiger partial charge in [0.15, 0.2) is 0 Å². The van der Waals surface area contributed by atoms with Crippen molar-refractivity contribution in [1.82, 2.24) is 5.32 Å². The number of nitrogens with two attached hydrogens (primary N) is 1. The highest BCUT2D eigenvalue weighted by Crippen LogP contribution is 2.06. The zero-order valence-electron chi connectivity index (χ0n) is 9.75. The van der Waals surface area contributed by atoms with E-state index < -0.39 is 5.54 Å². The average molecular weight is 239 g/mol. The Balaban J connectivity index is 0. The maximum atomic E-state index is 11.4. The molecule has 0 fully saturated rings. The zero-order valence-corrected chi connectivity index (χ0v) is 10.6. The van der Waals surface area contributed by atoms with Crippen LogP contribution in [0.3, 0.4) is 0 Å². The standard InChI is InChI=1S/C10H22N2O2.ClH/c1-4-8(5-6-13)7-12-9(14)10(2,3)11;/h8,13H,4-7,11H2,1-3H3,(H,12,14);1H. The molecule has 5 heteroatoms. The zero-order chi connectivity index (χ0) is 11.2. The van der Waals surface area contributed by atoms with E-state index in [-0.39, 0.29) is 24.9 Å². The predicted molar refractivity (Wildman–Crippen MR) is 64.0 cm³/mol. The minimum absolute atomic E-state index is 0. The van der Waals surface area contributed by atoms with E-state index in [4.69, 9.17) is 10.8 Å². The highest BCUT2D eigenvalue weighted by atomic mass is 35.5. The van der Waals surface area contributed by atoms with Crippen molar-refractivity contribution in [3.8, 4) is 0 Å². The summed E-state index contributed by atoms with van der Waals surface area (Å²) >= 11 is 0. The lowest BCUT2D eigenvalue weighted by atomic mass is 10.0. The molecule has 1 unspecified atom stereocenters. The summed E-state index contributed by atoms with van der Waals surface area (Å²) in [5, 5.41) is 11.5. The molecule has 0 heterocycles. The molecule has 0 aromatic rings. The second-order valence-electron chi connectivity index (χ2n) is 4.22. The predicted octanol–water partition coefficient (Wildman–Crippen LogP) is 0.670. The summed E-state index contributed by atoms with van der Waals surface area (Å²) in [5.74, 6) is 0.195. The van der Waals surface area contributed by atoms with Gasteiger partial charge in [0.2, 0.25) is 5.91 Å². The van der Waals surface area contributed by atoms with Gasteiger partial charge in [-0.3, -0.25) is 4.79 Å². The molecule has 0 radical (unpaired) electrons. The van der Waals surface area contributed by atoms with Gasteiger partial charge in [-0.05, 0) is 26.2 Å². The lowest BCUT2D eigenvalue weighted by Crippen LogP contribution is -2.50. The van der Waals surface area contributed by atoms with Crippen LogP contribution in [-0.4, -0.2) is 29.7 Å². The van der Waals surface area contributed by atoms with Gasteiger partial charge < -0.3 is 16.2 Å². The Morgan fingerprint density at radius 2 is 2.07 bits per heavy atom. The number of hydrogen-bond acceptors (Lipinski definition) is 3. The van der Waals surface area contributed by atoms with Gasteiger partial charge in [0.25, 0.3) is 0 Å². The largest absolute Gasteiger partial charge is 0.396 e. The van der Waals surface area contributed by atoms with Gasteiger partial charge in [-0.25, -0.2) is 0 Å². The highest BCUT2D eigenvalue weighted by Gasteiger charge is 2.21. The Morgan fingerprint density at radius 1 is 1.53 bits per heavy atom. The first kappa shape index (κ1) is 17.1. The van der Waals surface area contributed by atoms with Crippen molar-refractivity contribution in [3.05, 3.63) is 0 Å². The first-order chi connectivity index (χ1) is 6.41. The van der Waals surface area contributed by atoms with Crippen LogP contribution >= 0.6 is 12.4 Å². The molecule has 1 amide bonds. The van der Waals surface area contributed by atoms with Gasteiger partial charge in [0.05, 0.1) is 5.54 Å². The van der Waals surface area contributed by atoms with Crippen LogP contribution in [-0.2, 0) is 4.79 Å². The summed E-state index contributed by atoms with van der Waals surface area (Å²) in [6.07, 6.45) is 1.67. The average Bonchev–Trinajstić information content (AvgIpc) is 2.10. The van der Waals surface area contributed by atoms with Crippen LogP contribution in [0.25, 0.3) is 0 Å². The molecular weight excluding hydrogens is 216 g/mol. The van der Waals surface area contributed by atoms with Crippen LogP contribution < -0.4 is 11.1 Å². The molecule has 0 rings (SSSR count). The van der Waals surface area contributed by atoms with Crippen molar-refractivity contribution in [2.45, 2.75) is 39.2 Å². The van der Waals surface area contributed by atoms with Crippen molar-refractivity contribution >= 4 is 18.3 Å². The lowest BCUT2D eigenvalue weighted by molar-refractivity contribution is -0.125. The topological polar surface area (TPSA) is 75.3 Å². The fraction of sp³-hybridized carbons (Fsp3) is 0.900. The fourth-order valence-corrected chi connectivity index (χ4v) is 1.10. The van der Waals surface area contributed by atoms with Crippen molar-refractivity contribution in [3.63, 3.8) is 0 Å². The minimum atomic E-state index is -0.822. The third kappa shape index (κ3) is 7.59. The molecule has 0 saturated heterocycles. The molecule has 0 bridgehead atoms. The van der Waals surface area contributed by atoms with E-state index in [1.54, 1.807) is 13.8 Å². The number of carbonyl (C=O) groups is 1. The summed E-state index contributed by atoms with van der Waals surface area (Å²) < 4.78 is 0. The Labute approximate surface area is 98.0 Å². The molecule has 92 valence electrons. The number of aliphatic hydroxyl groups is 1. The third-order valence-corrected chi connectivity index (χ3v) is 2.25. The van der Waals surface area contributed by atoms with Gasteiger partial charge in [-0.2, -0.15) is 0 Å². The Hall–Kier alpha value is -0.320. The molecular formula is C10H23ClN2O2. The van der Waals surface area contributed by atoms with Gasteiger partial charge in [0.1, 0.15) is 0 Å². The van der Waals surface area contributed by atoms with E-state index in [2.05, 4.69) is 5.32 Å². The molecule has 0 aliphatic heterocycles. The normalized spacial score (nSPS) is 12.9. The Morgan fingerprint density at radius 3 is 2.40 bits per heavy atom. The maximum absolute atomic E-state index is 11.4. The van der Waals surface area contributed by atoms with Gasteiger partial charge in [-0.15, -0.1) is 12.4 Å². The molecule has 1 atom stereocenters. The summed E-state index contributed by atoms with van der Waals surface area (Å²) in [7, 11) is 0. The lowest BCUT2D eigenvalue weighted by Gasteiger charge is -2.20. The van der Waals surface area contributed by atoms with E-state index in [0.717, 1.165) is 12.8 Å². The maximum Gasteiger partial charge on any atom is 0.239 e. The number of rotatable bonds is 6. The van der Waals surface area contributed by atoms with Crippen molar-refractivity contribution in [1.29, 1.82) is 0 Å². The highest BCUT2D eigenvalue weighted by molar-refractivity contribution is 5.85. The van der Waals surface area contributed by atoms with Gasteiger partial charge in [0, 0.05) is 13.2 Å². The van der Waals surface area contributed by atoms with Gasteiger partial charge in [-0.1, -0.05) is 13.3 Å². The van der Waals surface area contributed by atoms with Crippen LogP contribution in [0.2, 0.25) is 0 Å². The quantitative estimate of drug-likeness (QED) is 0.637. The molecule has 0 aliphatic carbocycles. The van der Waals surface area contributed by atoms with E-state index >= 15 is 0 Å².